The van der Waals surface area contributed by atoms with Crippen molar-refractivity contribution in [3.05, 3.63) is 24.0 Å². The Bertz CT molecular complexity index is 1180. The lowest BCUT2D eigenvalue weighted by Gasteiger charge is -2.36. The highest BCUT2D eigenvalue weighted by atomic mass is 19.4. The molecule has 1 fully saturated rings. The van der Waals surface area contributed by atoms with Crippen LogP contribution >= 0.6 is 0 Å². The van der Waals surface area contributed by atoms with Gasteiger partial charge in [-0.3, -0.25) is 19.2 Å². The highest BCUT2D eigenvalue weighted by molar-refractivity contribution is 6.02. The Morgan fingerprint density at radius 2 is 1.97 bits per heavy atom. The van der Waals surface area contributed by atoms with Crippen molar-refractivity contribution in [3.63, 3.8) is 0 Å². The van der Waals surface area contributed by atoms with Gasteiger partial charge in [0.15, 0.2) is 0 Å². The highest BCUT2D eigenvalue weighted by Crippen LogP contribution is 2.41. The van der Waals surface area contributed by atoms with E-state index in [9.17, 15) is 42.0 Å². The predicted molar refractivity (Wildman–Crippen MR) is 124 cm³/mol. The molecule has 2 N–H and O–H groups in total. The first-order chi connectivity index (χ1) is 17.6. The van der Waals surface area contributed by atoms with Crippen LogP contribution in [0.25, 0.3) is 0 Å². The minimum atomic E-state index is -5.20. The van der Waals surface area contributed by atoms with Crippen molar-refractivity contribution >= 4 is 29.3 Å². The predicted octanol–water partition coefficient (Wildman–Crippen LogP) is 1.96. The SMILES string of the molecule is CC(C)CC(C(=O)N1CC2(CC1C#N)Oc1cc(F)ccc1NC2=O)N(C)C(=O)C(C)NC(=O)C(F)(F)F. The molecule has 0 bridgehead atoms. The van der Waals surface area contributed by atoms with Gasteiger partial charge >= 0.3 is 12.1 Å². The van der Waals surface area contributed by atoms with Gasteiger partial charge in [-0.2, -0.15) is 18.4 Å². The zero-order valence-corrected chi connectivity index (χ0v) is 21.1. The van der Waals surface area contributed by atoms with E-state index in [1.54, 1.807) is 19.2 Å². The number of alkyl halides is 3. The van der Waals surface area contributed by atoms with Gasteiger partial charge in [-0.25, -0.2) is 4.39 Å². The summed E-state index contributed by atoms with van der Waals surface area (Å²) in [5.74, 6) is -5.39. The number of anilines is 1. The molecule has 4 amide bonds. The third kappa shape index (κ3) is 5.66. The second-order valence-corrected chi connectivity index (χ2v) is 9.79. The summed E-state index contributed by atoms with van der Waals surface area (Å²) in [5.41, 5.74) is -1.48. The first-order valence-corrected chi connectivity index (χ1v) is 11.7. The summed E-state index contributed by atoms with van der Waals surface area (Å²) in [5, 5.41) is 13.9. The Kier molecular flexibility index (Phi) is 7.90. The lowest BCUT2D eigenvalue weighted by atomic mass is 9.97. The van der Waals surface area contributed by atoms with E-state index in [-0.39, 0.29) is 36.7 Å². The van der Waals surface area contributed by atoms with Crippen LogP contribution < -0.4 is 15.4 Å². The first-order valence-electron chi connectivity index (χ1n) is 11.7. The first kappa shape index (κ1) is 28.7. The molecule has 206 valence electrons. The van der Waals surface area contributed by atoms with E-state index >= 15 is 0 Å². The number of hydrogen-bond donors (Lipinski definition) is 2. The molecule has 4 atom stereocenters. The van der Waals surface area contributed by atoms with Gasteiger partial charge < -0.3 is 25.2 Å². The molecule has 1 spiro atoms. The number of likely N-dealkylation sites (tertiary alicyclic amines) is 1. The summed E-state index contributed by atoms with van der Waals surface area (Å²) >= 11 is 0. The Hall–Kier alpha value is -3.89. The number of nitriles is 1. The van der Waals surface area contributed by atoms with Gasteiger partial charge in [0.1, 0.15) is 29.7 Å². The van der Waals surface area contributed by atoms with E-state index in [2.05, 4.69) is 5.32 Å². The number of carbonyl (C=O) groups is 4. The quantitative estimate of drug-likeness (QED) is 0.530. The van der Waals surface area contributed by atoms with Gasteiger partial charge in [0.05, 0.1) is 18.3 Å². The number of benzene rings is 1. The van der Waals surface area contributed by atoms with E-state index in [4.69, 9.17) is 4.74 Å². The summed E-state index contributed by atoms with van der Waals surface area (Å²) in [6, 6.07) is 1.47. The smallest absolute Gasteiger partial charge is 0.471 e. The third-order valence-electron chi connectivity index (χ3n) is 6.44. The van der Waals surface area contributed by atoms with Crippen LogP contribution in [0.4, 0.5) is 23.2 Å². The number of halogens is 4. The molecule has 2 aliphatic heterocycles. The van der Waals surface area contributed by atoms with Crippen LogP contribution in [0.2, 0.25) is 0 Å². The average Bonchev–Trinajstić information content (AvgIpc) is 3.20. The van der Waals surface area contributed by atoms with E-state index in [0.29, 0.717) is 0 Å². The van der Waals surface area contributed by atoms with Gasteiger partial charge in [0, 0.05) is 19.5 Å². The van der Waals surface area contributed by atoms with Crippen LogP contribution in [0.1, 0.15) is 33.6 Å². The summed E-state index contributed by atoms with van der Waals surface area (Å²) in [4.78, 5) is 52.9. The van der Waals surface area contributed by atoms with Crippen molar-refractivity contribution < 1.29 is 41.5 Å². The molecule has 0 aromatic heterocycles. The molecule has 2 aliphatic rings. The zero-order chi connectivity index (χ0) is 28.6. The standard InChI is InChI=1S/C24H27F4N5O5/c1-12(2)7-17(32(4)19(34)13(3)30-22(37)24(26,27)28)20(35)33-11-23(9-15(33)10-29)21(36)31-16-6-5-14(25)8-18(16)38-23/h5-6,8,12-13,15,17H,7,9,11H2,1-4H3,(H,30,37)(H,31,36). The summed E-state index contributed by atoms with van der Waals surface area (Å²) in [6.45, 7) is 4.18. The largest absolute Gasteiger partial charge is 0.473 e. The fraction of sp³-hybridized carbons (Fsp3) is 0.542. The normalized spacial score (nSPS) is 22.2. The molecule has 2 heterocycles. The zero-order valence-electron chi connectivity index (χ0n) is 21.1. The van der Waals surface area contributed by atoms with Gasteiger partial charge in [-0.05, 0) is 31.4 Å². The number of rotatable bonds is 6. The van der Waals surface area contributed by atoms with Gasteiger partial charge in [0.25, 0.3) is 5.91 Å². The number of nitrogens with zero attached hydrogens (tertiary/aromatic N) is 3. The minimum Gasteiger partial charge on any atom is -0.473 e. The molecule has 0 radical (unpaired) electrons. The molecule has 14 heteroatoms. The van der Waals surface area contributed by atoms with Crippen molar-refractivity contribution in [2.45, 2.75) is 63.5 Å². The molecule has 38 heavy (non-hydrogen) atoms. The molecule has 3 rings (SSSR count). The summed E-state index contributed by atoms with van der Waals surface area (Å²) < 4.78 is 57.6. The topological polar surface area (TPSA) is 132 Å². The number of amides is 4. The van der Waals surface area contributed by atoms with Gasteiger partial charge in [0.2, 0.25) is 17.4 Å². The van der Waals surface area contributed by atoms with Crippen LogP contribution in [0, 0.1) is 23.1 Å². The molecule has 1 saturated heterocycles. The molecular weight excluding hydrogens is 514 g/mol. The van der Waals surface area contributed by atoms with Crippen LogP contribution in [0.3, 0.4) is 0 Å². The minimum absolute atomic E-state index is 0.0239. The number of ether oxygens (including phenoxy) is 1. The second kappa shape index (κ2) is 10.5. The number of fused-ring (bicyclic) bond motifs is 1. The van der Waals surface area contributed by atoms with Crippen LogP contribution in [-0.2, 0) is 19.2 Å². The fourth-order valence-corrected chi connectivity index (χ4v) is 4.50. The van der Waals surface area contributed by atoms with E-state index in [1.807, 2.05) is 6.07 Å². The van der Waals surface area contributed by atoms with E-state index < -0.39 is 59.3 Å². The van der Waals surface area contributed by atoms with Crippen LogP contribution in [0.5, 0.6) is 5.75 Å². The van der Waals surface area contributed by atoms with Crippen molar-refractivity contribution in [2.75, 3.05) is 18.9 Å². The molecule has 0 saturated carbocycles. The third-order valence-corrected chi connectivity index (χ3v) is 6.44. The Morgan fingerprint density at radius 1 is 1.32 bits per heavy atom. The van der Waals surface area contributed by atoms with Crippen molar-refractivity contribution in [2.24, 2.45) is 5.92 Å². The molecule has 1 aromatic rings. The fourth-order valence-electron chi connectivity index (χ4n) is 4.50. The number of hydrogen-bond acceptors (Lipinski definition) is 6. The monoisotopic (exact) mass is 541 g/mol. The highest BCUT2D eigenvalue weighted by Gasteiger charge is 2.56. The van der Waals surface area contributed by atoms with Crippen molar-refractivity contribution in [1.82, 2.24) is 15.1 Å². The average molecular weight is 542 g/mol. The maximum absolute atomic E-state index is 13.8. The van der Waals surface area contributed by atoms with Crippen LogP contribution in [-0.4, -0.2) is 76.9 Å². The van der Waals surface area contributed by atoms with E-state index in [0.717, 1.165) is 28.9 Å². The number of likely N-dealkylation sites (N-methyl/N-ethyl adjacent to an activating group) is 1. The molecule has 4 unspecified atom stereocenters. The van der Waals surface area contributed by atoms with Crippen molar-refractivity contribution in [1.29, 1.82) is 5.26 Å². The Labute approximate surface area is 215 Å². The molecule has 0 aliphatic carbocycles. The Morgan fingerprint density at radius 3 is 2.55 bits per heavy atom. The van der Waals surface area contributed by atoms with Gasteiger partial charge in [-0.15, -0.1) is 0 Å². The van der Waals surface area contributed by atoms with Crippen LogP contribution in [0.15, 0.2) is 18.2 Å². The lowest BCUT2D eigenvalue weighted by molar-refractivity contribution is -0.175. The molecule has 1 aromatic carbocycles. The summed E-state index contributed by atoms with van der Waals surface area (Å²) in [6.07, 6.45) is -5.36. The second-order valence-electron chi connectivity index (χ2n) is 9.79. The number of nitrogens with one attached hydrogen (secondary N) is 2. The van der Waals surface area contributed by atoms with Crippen molar-refractivity contribution in [3.8, 4) is 11.8 Å². The van der Waals surface area contributed by atoms with E-state index in [1.165, 1.54) is 13.1 Å². The lowest BCUT2D eigenvalue weighted by Crippen LogP contribution is -2.57. The van der Waals surface area contributed by atoms with Gasteiger partial charge in [-0.1, -0.05) is 13.8 Å². The maximum Gasteiger partial charge on any atom is 0.471 e. The Balaban J connectivity index is 1.86. The summed E-state index contributed by atoms with van der Waals surface area (Å²) in [7, 11) is 1.21. The molecule has 10 nitrogen and oxygen atoms in total. The maximum atomic E-state index is 13.8. The number of carbonyl (C=O) groups excluding carboxylic acids is 4. The molecular formula is C24H27F4N5O5.